The first-order chi connectivity index (χ1) is 7.88. The summed E-state index contributed by atoms with van der Waals surface area (Å²) in [5, 5.41) is 4.13. The molecule has 0 atom stereocenters. The van der Waals surface area contributed by atoms with Crippen LogP contribution in [-0.2, 0) is 6.42 Å². The summed E-state index contributed by atoms with van der Waals surface area (Å²) in [7, 11) is 0. The van der Waals surface area contributed by atoms with Crippen molar-refractivity contribution in [3.05, 3.63) is 35.9 Å². The number of aromatic nitrogens is 3. The molecule has 2 rings (SSSR count). The molecule has 2 heterocycles. The average Bonchev–Trinajstić information content (AvgIpc) is 2.75. The van der Waals surface area contributed by atoms with Crippen molar-refractivity contribution in [3.8, 4) is 0 Å². The van der Waals surface area contributed by atoms with E-state index in [-0.39, 0.29) is 0 Å². The maximum absolute atomic E-state index is 4.41. The predicted octanol–water partition coefficient (Wildman–Crippen LogP) is 2.35. The number of hydrogen-bond donors (Lipinski definition) is 1. The Balaban J connectivity index is 1.97. The molecule has 1 N–H and O–H groups in total. The third kappa shape index (κ3) is 3.00. The normalized spacial score (nSPS) is 10.3. The first-order valence-corrected chi connectivity index (χ1v) is 6.11. The summed E-state index contributed by atoms with van der Waals surface area (Å²) in [4.78, 5) is 8.48. The van der Waals surface area contributed by atoms with Crippen LogP contribution in [0.1, 0.15) is 24.7 Å². The van der Waals surface area contributed by atoms with E-state index in [4.69, 9.17) is 0 Å². The van der Waals surface area contributed by atoms with Gasteiger partial charge in [0.1, 0.15) is 5.82 Å². The van der Waals surface area contributed by atoms with Crippen molar-refractivity contribution >= 4 is 16.7 Å². The SMILES string of the molecule is CCCNc1nc(Cc2cccnc2)ns1. The maximum Gasteiger partial charge on any atom is 0.202 e. The number of nitrogens with one attached hydrogen (secondary N) is 1. The van der Waals surface area contributed by atoms with Crippen LogP contribution in [0, 0.1) is 0 Å². The average molecular weight is 234 g/mol. The van der Waals surface area contributed by atoms with Crippen LogP contribution in [-0.4, -0.2) is 20.9 Å². The Morgan fingerprint density at radius 1 is 1.44 bits per heavy atom. The highest BCUT2D eigenvalue weighted by Gasteiger charge is 2.04. The number of rotatable bonds is 5. The summed E-state index contributed by atoms with van der Waals surface area (Å²) in [6.45, 7) is 3.08. The fraction of sp³-hybridized carbons (Fsp3) is 0.364. The number of anilines is 1. The topological polar surface area (TPSA) is 50.7 Å². The van der Waals surface area contributed by atoms with E-state index in [0.29, 0.717) is 0 Å². The lowest BCUT2D eigenvalue weighted by Crippen LogP contribution is -1.99. The summed E-state index contributed by atoms with van der Waals surface area (Å²) < 4.78 is 4.30. The second kappa shape index (κ2) is 5.55. The van der Waals surface area contributed by atoms with E-state index in [1.165, 1.54) is 11.5 Å². The third-order valence-electron chi connectivity index (χ3n) is 2.08. The van der Waals surface area contributed by atoms with Crippen molar-refractivity contribution in [2.24, 2.45) is 0 Å². The molecule has 16 heavy (non-hydrogen) atoms. The first-order valence-electron chi connectivity index (χ1n) is 5.34. The summed E-state index contributed by atoms with van der Waals surface area (Å²) in [5.74, 6) is 0.858. The lowest BCUT2D eigenvalue weighted by atomic mass is 10.2. The van der Waals surface area contributed by atoms with E-state index in [2.05, 4.69) is 26.6 Å². The van der Waals surface area contributed by atoms with Crippen molar-refractivity contribution in [2.75, 3.05) is 11.9 Å². The minimum Gasteiger partial charge on any atom is -0.360 e. The zero-order valence-corrected chi connectivity index (χ0v) is 10.00. The van der Waals surface area contributed by atoms with Gasteiger partial charge in [-0.15, -0.1) is 0 Å². The standard InChI is InChI=1S/C11H14N4S/c1-2-5-13-11-14-10(15-16-11)7-9-4-3-6-12-8-9/h3-4,6,8H,2,5,7H2,1H3,(H,13,14,15). The number of pyridine rings is 1. The van der Waals surface area contributed by atoms with Crippen LogP contribution in [0.4, 0.5) is 5.13 Å². The summed E-state index contributed by atoms with van der Waals surface area (Å²) in [6.07, 6.45) is 5.46. The Morgan fingerprint density at radius 3 is 3.12 bits per heavy atom. The van der Waals surface area contributed by atoms with Crippen molar-refractivity contribution in [2.45, 2.75) is 19.8 Å². The van der Waals surface area contributed by atoms with Crippen LogP contribution in [0.15, 0.2) is 24.5 Å². The molecule has 0 aliphatic heterocycles. The van der Waals surface area contributed by atoms with Gasteiger partial charge < -0.3 is 5.32 Å². The van der Waals surface area contributed by atoms with Gasteiger partial charge in [0.15, 0.2) is 0 Å². The highest BCUT2D eigenvalue weighted by atomic mass is 32.1. The lowest BCUT2D eigenvalue weighted by molar-refractivity contribution is 0.965. The first kappa shape index (κ1) is 11.0. The molecule has 0 aliphatic rings. The van der Waals surface area contributed by atoms with Crippen molar-refractivity contribution in [1.82, 2.24) is 14.3 Å². The smallest absolute Gasteiger partial charge is 0.202 e. The summed E-state index contributed by atoms with van der Waals surface area (Å²) >= 11 is 1.42. The van der Waals surface area contributed by atoms with Gasteiger partial charge in [0.2, 0.25) is 5.13 Å². The monoisotopic (exact) mass is 234 g/mol. The molecule has 0 radical (unpaired) electrons. The van der Waals surface area contributed by atoms with Crippen LogP contribution < -0.4 is 5.32 Å². The highest BCUT2D eigenvalue weighted by Crippen LogP contribution is 2.13. The van der Waals surface area contributed by atoms with Gasteiger partial charge in [0.25, 0.3) is 0 Å². The summed E-state index contributed by atoms with van der Waals surface area (Å²) in [5.41, 5.74) is 1.14. The molecule has 0 amide bonds. The largest absolute Gasteiger partial charge is 0.360 e. The Bertz CT molecular complexity index is 427. The molecule has 0 unspecified atom stereocenters. The van der Waals surface area contributed by atoms with Crippen molar-refractivity contribution < 1.29 is 0 Å². The van der Waals surface area contributed by atoms with E-state index >= 15 is 0 Å². The van der Waals surface area contributed by atoms with E-state index in [9.17, 15) is 0 Å². The lowest BCUT2D eigenvalue weighted by Gasteiger charge is -1.96. The van der Waals surface area contributed by atoms with Crippen LogP contribution in [0.5, 0.6) is 0 Å². The zero-order chi connectivity index (χ0) is 11.2. The Kier molecular flexibility index (Phi) is 3.82. The van der Waals surface area contributed by atoms with Gasteiger partial charge in [-0.2, -0.15) is 4.37 Å². The van der Waals surface area contributed by atoms with Crippen molar-refractivity contribution in [3.63, 3.8) is 0 Å². The second-order valence-electron chi connectivity index (χ2n) is 3.48. The molecule has 0 saturated carbocycles. The second-order valence-corrected chi connectivity index (χ2v) is 4.23. The van der Waals surface area contributed by atoms with Crippen LogP contribution >= 0.6 is 11.5 Å². The van der Waals surface area contributed by atoms with Crippen LogP contribution in [0.25, 0.3) is 0 Å². The molecule has 0 fully saturated rings. The molecule has 0 bridgehead atoms. The fourth-order valence-electron chi connectivity index (χ4n) is 1.31. The molecule has 2 aromatic heterocycles. The van der Waals surface area contributed by atoms with E-state index < -0.39 is 0 Å². The van der Waals surface area contributed by atoms with E-state index in [1.54, 1.807) is 6.20 Å². The number of nitrogens with zero attached hydrogens (tertiary/aromatic N) is 3. The van der Waals surface area contributed by atoms with Crippen molar-refractivity contribution in [1.29, 1.82) is 0 Å². The van der Waals surface area contributed by atoms with Crippen LogP contribution in [0.2, 0.25) is 0 Å². The molecule has 0 saturated heterocycles. The van der Waals surface area contributed by atoms with E-state index in [0.717, 1.165) is 35.9 Å². The van der Waals surface area contributed by atoms with E-state index in [1.807, 2.05) is 18.3 Å². The maximum atomic E-state index is 4.41. The molecular weight excluding hydrogens is 220 g/mol. The van der Waals surface area contributed by atoms with Gasteiger partial charge in [0.05, 0.1) is 0 Å². The quantitative estimate of drug-likeness (QED) is 0.862. The highest BCUT2D eigenvalue weighted by molar-refractivity contribution is 7.09. The zero-order valence-electron chi connectivity index (χ0n) is 9.18. The molecule has 4 nitrogen and oxygen atoms in total. The molecule has 0 spiro atoms. The molecular formula is C11H14N4S. The molecule has 0 aromatic carbocycles. The van der Waals surface area contributed by atoms with Crippen LogP contribution in [0.3, 0.4) is 0 Å². The minimum atomic E-state index is 0.748. The molecule has 2 aromatic rings. The summed E-state index contributed by atoms with van der Waals surface area (Å²) in [6, 6.07) is 3.96. The van der Waals surface area contributed by atoms with Gasteiger partial charge in [-0.05, 0) is 18.1 Å². The minimum absolute atomic E-state index is 0.748. The Morgan fingerprint density at radius 2 is 2.38 bits per heavy atom. The van der Waals surface area contributed by atoms with Gasteiger partial charge in [-0.1, -0.05) is 13.0 Å². The van der Waals surface area contributed by atoms with Gasteiger partial charge in [-0.25, -0.2) is 4.98 Å². The van der Waals surface area contributed by atoms with Gasteiger partial charge in [0, 0.05) is 36.9 Å². The fourth-order valence-corrected chi connectivity index (χ4v) is 1.92. The Hall–Kier alpha value is -1.49. The van der Waals surface area contributed by atoms with Gasteiger partial charge in [-0.3, -0.25) is 4.98 Å². The molecule has 84 valence electrons. The third-order valence-corrected chi connectivity index (χ3v) is 2.79. The number of hydrogen-bond acceptors (Lipinski definition) is 5. The predicted molar refractivity (Wildman–Crippen MR) is 65.7 cm³/mol. The molecule has 0 aliphatic carbocycles. The van der Waals surface area contributed by atoms with Gasteiger partial charge >= 0.3 is 0 Å². The molecule has 5 heteroatoms. The Labute approximate surface area is 98.9 Å².